The Labute approximate surface area is 176 Å². The van der Waals surface area contributed by atoms with E-state index in [0.29, 0.717) is 17.5 Å². The quantitative estimate of drug-likeness (QED) is 0.410. The van der Waals surface area contributed by atoms with Gasteiger partial charge >= 0.3 is 0 Å². The van der Waals surface area contributed by atoms with Gasteiger partial charge in [-0.15, -0.1) is 0 Å². The molecule has 0 radical (unpaired) electrons. The van der Waals surface area contributed by atoms with E-state index in [9.17, 15) is 8.42 Å². The van der Waals surface area contributed by atoms with Crippen LogP contribution >= 0.6 is 0 Å². The summed E-state index contributed by atoms with van der Waals surface area (Å²) in [6.07, 6.45) is 10.4. The van der Waals surface area contributed by atoms with Gasteiger partial charge in [0, 0.05) is 25.7 Å². The number of hydrogen-bond donors (Lipinski definition) is 4. The minimum atomic E-state index is -3.42. The molecule has 0 unspecified atom stereocenters. The van der Waals surface area contributed by atoms with E-state index in [2.05, 4.69) is 20.7 Å². The molecule has 7 heteroatoms. The van der Waals surface area contributed by atoms with Crippen molar-refractivity contribution in [3.63, 3.8) is 0 Å². The van der Waals surface area contributed by atoms with E-state index in [1.165, 1.54) is 37.7 Å². The molecule has 0 atom stereocenters. The van der Waals surface area contributed by atoms with Gasteiger partial charge < -0.3 is 16.0 Å². The van der Waals surface area contributed by atoms with Crippen LogP contribution in [0, 0.1) is 0 Å². The second kappa shape index (κ2) is 12.0. The highest BCUT2D eigenvalue weighted by atomic mass is 32.2. The van der Waals surface area contributed by atoms with Gasteiger partial charge in [0.1, 0.15) is 0 Å². The van der Waals surface area contributed by atoms with E-state index < -0.39 is 10.0 Å². The number of sulfonamides is 1. The fourth-order valence-corrected chi connectivity index (χ4v) is 5.40. The Morgan fingerprint density at radius 3 is 2.48 bits per heavy atom. The molecule has 0 saturated heterocycles. The smallest absolute Gasteiger partial charge is 0.240 e. The lowest BCUT2D eigenvalue weighted by Gasteiger charge is -2.22. The zero-order valence-electron chi connectivity index (χ0n) is 17.6. The minimum absolute atomic E-state index is 0.394. The van der Waals surface area contributed by atoms with Gasteiger partial charge in [0.25, 0.3) is 0 Å². The van der Waals surface area contributed by atoms with Crippen LogP contribution in [0.2, 0.25) is 0 Å². The van der Waals surface area contributed by atoms with Gasteiger partial charge in [-0.3, -0.25) is 0 Å². The van der Waals surface area contributed by atoms with Crippen LogP contribution in [0.4, 0.5) is 0 Å². The van der Waals surface area contributed by atoms with Crippen molar-refractivity contribution >= 4 is 10.0 Å². The molecule has 29 heavy (non-hydrogen) atoms. The molecule has 1 aliphatic carbocycles. The maximum atomic E-state index is 12.6. The fraction of sp³-hybridized carbons (Fsp3) is 0.727. The van der Waals surface area contributed by atoms with E-state index in [1.54, 1.807) is 6.07 Å². The first-order valence-corrected chi connectivity index (χ1v) is 12.9. The van der Waals surface area contributed by atoms with Crippen molar-refractivity contribution in [2.75, 3.05) is 39.3 Å². The van der Waals surface area contributed by atoms with Crippen LogP contribution in [0.3, 0.4) is 0 Å². The molecule has 1 heterocycles. The fourth-order valence-electron chi connectivity index (χ4n) is 4.28. The molecule has 6 nitrogen and oxygen atoms in total. The molecule has 1 aliphatic heterocycles. The van der Waals surface area contributed by atoms with Crippen LogP contribution in [0.5, 0.6) is 0 Å². The van der Waals surface area contributed by atoms with Crippen molar-refractivity contribution in [3.8, 4) is 0 Å². The van der Waals surface area contributed by atoms with Gasteiger partial charge in [-0.2, -0.15) is 0 Å². The summed E-state index contributed by atoms with van der Waals surface area (Å²) >= 11 is 0. The number of rotatable bonds is 11. The predicted octanol–water partition coefficient (Wildman–Crippen LogP) is 1.95. The van der Waals surface area contributed by atoms with Crippen molar-refractivity contribution in [1.29, 1.82) is 0 Å². The largest absolute Gasteiger partial charge is 0.316 e. The van der Waals surface area contributed by atoms with E-state index >= 15 is 0 Å². The van der Waals surface area contributed by atoms with E-state index in [-0.39, 0.29) is 0 Å². The molecule has 0 amide bonds. The van der Waals surface area contributed by atoms with Gasteiger partial charge in [0.05, 0.1) is 4.90 Å². The zero-order chi connectivity index (χ0) is 20.4. The predicted molar refractivity (Wildman–Crippen MR) is 119 cm³/mol. The van der Waals surface area contributed by atoms with E-state index in [4.69, 9.17) is 0 Å². The van der Waals surface area contributed by atoms with Crippen LogP contribution in [0.1, 0.15) is 56.1 Å². The Balaban J connectivity index is 1.28. The molecule has 2 aliphatic rings. The standard InChI is InChI=1S/C22H38N4O2S/c27-29(28,22-9-8-19-10-14-24-15-11-20(19)18-22)26-13-5-4-12-23-16-17-25-21-6-2-1-3-7-21/h8-9,18,21,23-26H,1-7,10-17H2. The van der Waals surface area contributed by atoms with Gasteiger partial charge in [-0.1, -0.05) is 25.3 Å². The number of benzene rings is 1. The van der Waals surface area contributed by atoms with Gasteiger partial charge in [0.2, 0.25) is 10.0 Å². The van der Waals surface area contributed by atoms with Gasteiger partial charge in [-0.05, 0) is 81.4 Å². The summed E-state index contributed by atoms with van der Waals surface area (Å²) in [6.45, 7) is 5.29. The Hall–Kier alpha value is -0.990. The van der Waals surface area contributed by atoms with Crippen molar-refractivity contribution in [3.05, 3.63) is 29.3 Å². The second-order valence-electron chi connectivity index (χ2n) is 8.32. The zero-order valence-corrected chi connectivity index (χ0v) is 18.5. The first-order valence-electron chi connectivity index (χ1n) is 11.4. The first kappa shape index (κ1) is 22.7. The van der Waals surface area contributed by atoms with E-state index in [1.807, 2.05) is 12.1 Å². The average molecular weight is 423 g/mol. The first-order chi connectivity index (χ1) is 14.1. The molecular formula is C22H38N4O2S. The van der Waals surface area contributed by atoms with Crippen molar-refractivity contribution < 1.29 is 8.42 Å². The third-order valence-electron chi connectivity index (χ3n) is 6.04. The van der Waals surface area contributed by atoms with Crippen molar-refractivity contribution in [1.82, 2.24) is 20.7 Å². The number of unbranched alkanes of at least 4 members (excludes halogenated alkanes) is 1. The number of hydrogen-bond acceptors (Lipinski definition) is 5. The molecular weight excluding hydrogens is 384 g/mol. The summed E-state index contributed by atoms with van der Waals surface area (Å²) in [5, 5.41) is 10.4. The topological polar surface area (TPSA) is 82.3 Å². The third-order valence-corrected chi connectivity index (χ3v) is 7.50. The summed E-state index contributed by atoms with van der Waals surface area (Å²) < 4.78 is 27.9. The minimum Gasteiger partial charge on any atom is -0.316 e. The van der Waals surface area contributed by atoms with Gasteiger partial charge in [-0.25, -0.2) is 13.1 Å². The number of nitrogens with one attached hydrogen (secondary N) is 4. The number of fused-ring (bicyclic) bond motifs is 1. The maximum absolute atomic E-state index is 12.6. The van der Waals surface area contributed by atoms with Crippen LogP contribution in [-0.2, 0) is 22.9 Å². The van der Waals surface area contributed by atoms with Gasteiger partial charge in [0.15, 0.2) is 0 Å². The molecule has 4 N–H and O–H groups in total. The van der Waals surface area contributed by atoms with Crippen LogP contribution in [0.15, 0.2) is 23.1 Å². The highest BCUT2D eigenvalue weighted by molar-refractivity contribution is 7.89. The Kier molecular flexibility index (Phi) is 9.39. The lowest BCUT2D eigenvalue weighted by atomic mass is 9.95. The van der Waals surface area contributed by atoms with Crippen LogP contribution < -0.4 is 20.7 Å². The summed E-state index contributed by atoms with van der Waals surface area (Å²) in [5.41, 5.74) is 2.42. The SMILES string of the molecule is O=S(=O)(NCCCCNCCNC1CCCCC1)c1ccc2c(c1)CCNCC2. The van der Waals surface area contributed by atoms with E-state index in [0.717, 1.165) is 64.0 Å². The Bertz CT molecular complexity index is 718. The molecule has 1 saturated carbocycles. The normalized spacial score (nSPS) is 18.3. The van der Waals surface area contributed by atoms with Crippen molar-refractivity contribution in [2.24, 2.45) is 0 Å². The molecule has 1 fully saturated rings. The lowest BCUT2D eigenvalue weighted by molar-refractivity contribution is 0.372. The highest BCUT2D eigenvalue weighted by Gasteiger charge is 2.16. The summed E-state index contributed by atoms with van der Waals surface area (Å²) in [6, 6.07) is 6.28. The summed E-state index contributed by atoms with van der Waals surface area (Å²) in [7, 11) is -3.42. The molecule has 0 spiro atoms. The Morgan fingerprint density at radius 2 is 1.66 bits per heavy atom. The molecule has 0 aromatic heterocycles. The maximum Gasteiger partial charge on any atom is 0.240 e. The molecule has 1 aromatic carbocycles. The lowest BCUT2D eigenvalue weighted by Crippen LogP contribution is -2.36. The summed E-state index contributed by atoms with van der Waals surface area (Å²) in [5.74, 6) is 0. The molecule has 0 bridgehead atoms. The molecule has 1 aromatic rings. The van der Waals surface area contributed by atoms with Crippen LogP contribution in [0.25, 0.3) is 0 Å². The Morgan fingerprint density at radius 1 is 0.897 bits per heavy atom. The molecule has 3 rings (SSSR count). The second-order valence-corrected chi connectivity index (χ2v) is 10.1. The van der Waals surface area contributed by atoms with Crippen LogP contribution in [-0.4, -0.2) is 53.7 Å². The highest BCUT2D eigenvalue weighted by Crippen LogP contribution is 2.19. The molecule has 164 valence electrons. The summed E-state index contributed by atoms with van der Waals surface area (Å²) in [4.78, 5) is 0.394. The van der Waals surface area contributed by atoms with Crippen molar-refractivity contribution in [2.45, 2.75) is 68.7 Å². The average Bonchev–Trinajstić information content (AvgIpc) is 2.98. The monoisotopic (exact) mass is 422 g/mol. The third kappa shape index (κ3) is 7.64.